The van der Waals surface area contributed by atoms with Crippen molar-refractivity contribution in [2.24, 2.45) is 5.73 Å². The molecule has 1 aliphatic rings. The van der Waals surface area contributed by atoms with E-state index >= 15 is 0 Å². The highest BCUT2D eigenvalue weighted by Crippen LogP contribution is 2.31. The molecule has 0 radical (unpaired) electrons. The number of carbonyl (C=O) groups excluding carboxylic acids is 1. The number of hydrogen-bond acceptors (Lipinski definition) is 11. The molecular weight excluding hydrogens is 458 g/mol. The van der Waals surface area contributed by atoms with Crippen LogP contribution in [0.2, 0.25) is 0 Å². The number of H-pyrrole nitrogens is 1. The number of amides is 1. The van der Waals surface area contributed by atoms with Gasteiger partial charge in [0.25, 0.3) is 0 Å². The predicted octanol–water partition coefficient (Wildman–Crippen LogP) is -2.57. The van der Waals surface area contributed by atoms with E-state index in [4.69, 9.17) is 27.8 Å². The number of fused-ring (bicyclic) bond motifs is 1. The van der Waals surface area contributed by atoms with Gasteiger partial charge in [0.05, 0.1) is 38.5 Å². The van der Waals surface area contributed by atoms with E-state index in [0.29, 0.717) is 11.2 Å². The number of aliphatic hydroxyl groups is 3. The van der Waals surface area contributed by atoms with E-state index in [1.165, 1.54) is 10.9 Å². The van der Waals surface area contributed by atoms with Crippen molar-refractivity contribution < 1.29 is 34.8 Å². The van der Waals surface area contributed by atoms with Gasteiger partial charge in [-0.15, -0.1) is 0 Å². The molecule has 178 valence electrons. The van der Waals surface area contributed by atoms with Crippen LogP contribution >= 0.6 is 12.2 Å². The number of nitrogens with zero attached hydrogens (tertiary/aromatic N) is 3. The van der Waals surface area contributed by atoms with E-state index in [1.807, 2.05) is 0 Å². The summed E-state index contributed by atoms with van der Waals surface area (Å²) in [4.78, 5) is 33.5. The van der Waals surface area contributed by atoms with Crippen molar-refractivity contribution in [3.8, 4) is 11.8 Å². The second-order valence-corrected chi connectivity index (χ2v) is 7.48. The number of anilines is 1. The average Bonchev–Trinajstić information content (AvgIpc) is 3.31. The molecule has 2 unspecified atom stereocenters. The van der Waals surface area contributed by atoms with Crippen molar-refractivity contribution in [2.75, 3.05) is 25.0 Å². The first-order chi connectivity index (χ1) is 15.7. The predicted molar refractivity (Wildman–Crippen MR) is 115 cm³/mol. The smallest absolute Gasteiger partial charge is 0.305 e. The molecule has 0 aliphatic carbocycles. The Balaban J connectivity index is 1.63. The van der Waals surface area contributed by atoms with Gasteiger partial charge in [0.1, 0.15) is 29.5 Å². The number of carboxylic acid groups (broad SMARTS) is 1. The summed E-state index contributed by atoms with van der Waals surface area (Å²) in [7, 11) is 0. The molecule has 2 aromatic rings. The summed E-state index contributed by atoms with van der Waals surface area (Å²) in [5.74, 6) is 3.90. The summed E-state index contributed by atoms with van der Waals surface area (Å²) < 4.78 is 7.15. The minimum Gasteiger partial charge on any atom is -0.481 e. The molecule has 2 aromatic heterocycles. The van der Waals surface area contributed by atoms with Crippen LogP contribution < -0.4 is 16.4 Å². The number of aliphatic hydroxyl groups excluding tert-OH is 3. The van der Waals surface area contributed by atoms with Gasteiger partial charge in [-0.1, -0.05) is 24.1 Å². The number of aromatic amines is 1. The first-order valence-electron chi connectivity index (χ1n) is 9.77. The Labute approximate surface area is 191 Å². The largest absolute Gasteiger partial charge is 0.481 e. The molecule has 14 nitrogen and oxygen atoms in total. The molecule has 0 bridgehead atoms. The Morgan fingerprint density at radius 3 is 2.73 bits per heavy atom. The molecule has 1 fully saturated rings. The first kappa shape index (κ1) is 24.5. The van der Waals surface area contributed by atoms with Gasteiger partial charge in [-0.3, -0.25) is 14.2 Å². The summed E-state index contributed by atoms with van der Waals surface area (Å²) in [5, 5.41) is 43.5. The SMILES string of the molecule is NC(CC(=O)O)C(=O)NCC#CCNc1nc(=S)c2ncn([C@@H]3O[C@H](CO)[C@H](O)C3O)c2[nH]1. The van der Waals surface area contributed by atoms with Gasteiger partial charge in [0, 0.05) is 0 Å². The van der Waals surface area contributed by atoms with Gasteiger partial charge in [-0.2, -0.15) is 0 Å². The Morgan fingerprint density at radius 2 is 2.06 bits per heavy atom. The van der Waals surface area contributed by atoms with Gasteiger partial charge in [0.2, 0.25) is 11.9 Å². The maximum Gasteiger partial charge on any atom is 0.305 e. The van der Waals surface area contributed by atoms with Crippen LogP contribution in [0.3, 0.4) is 0 Å². The molecule has 0 aromatic carbocycles. The number of carboxylic acids is 1. The highest BCUT2D eigenvalue weighted by atomic mass is 32.1. The lowest BCUT2D eigenvalue weighted by molar-refractivity contribution is -0.139. The van der Waals surface area contributed by atoms with Crippen LogP contribution in [-0.4, -0.2) is 95.9 Å². The number of rotatable bonds is 8. The number of imidazole rings is 1. The quantitative estimate of drug-likeness (QED) is 0.144. The maximum atomic E-state index is 11.6. The van der Waals surface area contributed by atoms with Crippen molar-refractivity contribution in [1.29, 1.82) is 0 Å². The molecule has 0 saturated carbocycles. The Bertz CT molecular complexity index is 1140. The normalized spacial score (nSPS) is 23.0. The first-order valence-corrected chi connectivity index (χ1v) is 10.2. The van der Waals surface area contributed by atoms with Crippen molar-refractivity contribution in [1.82, 2.24) is 24.8 Å². The fourth-order valence-corrected chi connectivity index (χ4v) is 3.36. The highest BCUT2D eigenvalue weighted by Gasteiger charge is 2.43. The van der Waals surface area contributed by atoms with Crippen molar-refractivity contribution >= 4 is 41.2 Å². The third-order valence-corrected chi connectivity index (χ3v) is 5.07. The number of aromatic nitrogens is 4. The lowest BCUT2D eigenvalue weighted by Crippen LogP contribution is -2.42. The van der Waals surface area contributed by atoms with E-state index in [0.717, 1.165) is 0 Å². The lowest BCUT2D eigenvalue weighted by Gasteiger charge is -2.17. The summed E-state index contributed by atoms with van der Waals surface area (Å²) >= 11 is 5.25. The number of nitrogens with two attached hydrogens (primary N) is 1. The summed E-state index contributed by atoms with van der Waals surface area (Å²) in [6.45, 7) is -0.354. The summed E-state index contributed by atoms with van der Waals surface area (Å²) in [5.41, 5.74) is 6.16. The van der Waals surface area contributed by atoms with Crippen LogP contribution in [0.15, 0.2) is 6.33 Å². The van der Waals surface area contributed by atoms with Crippen LogP contribution in [0.5, 0.6) is 0 Å². The molecule has 0 spiro atoms. The molecular formula is C18H23N7O7S. The van der Waals surface area contributed by atoms with Gasteiger partial charge in [0.15, 0.2) is 10.9 Å². The molecule has 15 heteroatoms. The fourth-order valence-electron chi connectivity index (χ4n) is 3.12. The second-order valence-electron chi connectivity index (χ2n) is 7.10. The second kappa shape index (κ2) is 10.7. The maximum absolute atomic E-state index is 11.6. The number of nitrogens with one attached hydrogen (secondary N) is 3. The van der Waals surface area contributed by atoms with E-state index < -0.39 is 55.5 Å². The highest BCUT2D eigenvalue weighted by molar-refractivity contribution is 7.71. The number of ether oxygens (including phenoxy) is 1. The molecule has 5 atom stereocenters. The van der Waals surface area contributed by atoms with Crippen molar-refractivity contribution in [2.45, 2.75) is 37.0 Å². The van der Waals surface area contributed by atoms with Gasteiger partial charge < -0.3 is 46.5 Å². The monoisotopic (exact) mass is 481 g/mol. The minimum absolute atomic E-state index is 0.0195. The van der Waals surface area contributed by atoms with Gasteiger partial charge >= 0.3 is 5.97 Å². The summed E-state index contributed by atoms with van der Waals surface area (Å²) in [6.07, 6.45) is -3.61. The molecule has 3 rings (SSSR count). The molecule has 1 amide bonds. The Morgan fingerprint density at radius 1 is 1.33 bits per heavy atom. The van der Waals surface area contributed by atoms with Crippen LogP contribution in [0.25, 0.3) is 11.2 Å². The van der Waals surface area contributed by atoms with E-state index in [9.17, 15) is 24.9 Å². The summed E-state index contributed by atoms with van der Waals surface area (Å²) in [6, 6.07) is -1.15. The zero-order chi connectivity index (χ0) is 24.1. The Hall–Kier alpha value is -3.13. The van der Waals surface area contributed by atoms with Crippen molar-refractivity contribution in [3.05, 3.63) is 11.0 Å². The van der Waals surface area contributed by atoms with Crippen LogP contribution in [0, 0.1) is 16.5 Å². The zero-order valence-electron chi connectivity index (χ0n) is 17.1. The van der Waals surface area contributed by atoms with Crippen LogP contribution in [0.1, 0.15) is 12.6 Å². The molecule has 33 heavy (non-hydrogen) atoms. The zero-order valence-corrected chi connectivity index (χ0v) is 17.9. The third kappa shape index (κ3) is 5.63. The molecule has 9 N–H and O–H groups in total. The van der Waals surface area contributed by atoms with Crippen LogP contribution in [0.4, 0.5) is 5.95 Å². The van der Waals surface area contributed by atoms with E-state index in [2.05, 4.69) is 37.4 Å². The third-order valence-electron chi connectivity index (χ3n) is 4.79. The average molecular weight is 481 g/mol. The molecule has 1 aliphatic heterocycles. The number of aliphatic carboxylic acids is 1. The van der Waals surface area contributed by atoms with Gasteiger partial charge in [-0.05, 0) is 0 Å². The topological polar surface area (TPSA) is 221 Å². The lowest BCUT2D eigenvalue weighted by atomic mass is 10.1. The van der Waals surface area contributed by atoms with E-state index in [1.54, 1.807) is 0 Å². The Kier molecular flexibility index (Phi) is 7.92. The van der Waals surface area contributed by atoms with Crippen molar-refractivity contribution in [3.63, 3.8) is 0 Å². The molecule has 1 saturated heterocycles. The molecule has 3 heterocycles. The van der Waals surface area contributed by atoms with E-state index in [-0.39, 0.29) is 23.7 Å². The standard InChI is InChI=1S/C18H23N7O7S/c19-8(5-10(27)28)15(31)20-3-1-2-4-21-18-23-14-11(16(33)24-18)22-7-25(14)17-13(30)12(29)9(6-26)32-17/h7-9,12-13,17,26,29-30H,3-6,19H2,(H,20,31)(H,27,28)(H2,21,23,24,33)/t8?,9-,12+,13?,17-/m1/s1. The van der Waals surface area contributed by atoms with Crippen LogP contribution in [-0.2, 0) is 14.3 Å². The fraction of sp³-hybridized carbons (Fsp3) is 0.500. The number of hydrogen-bond donors (Lipinski definition) is 8. The van der Waals surface area contributed by atoms with Gasteiger partial charge in [-0.25, -0.2) is 9.97 Å². The number of carbonyl (C=O) groups is 2. The minimum atomic E-state index is -1.30.